The lowest BCUT2D eigenvalue weighted by molar-refractivity contribution is -0.122. The number of rotatable bonds is 10. The summed E-state index contributed by atoms with van der Waals surface area (Å²) in [5, 5.41) is 3.22. The van der Waals surface area contributed by atoms with E-state index in [2.05, 4.69) is 11.9 Å². The van der Waals surface area contributed by atoms with Crippen molar-refractivity contribution >= 4 is 23.3 Å². The molecule has 0 unspecified atom stereocenters. The lowest BCUT2D eigenvalue weighted by atomic mass is 10.0. The summed E-state index contributed by atoms with van der Waals surface area (Å²) in [6.45, 7) is 10.9. The van der Waals surface area contributed by atoms with Gasteiger partial charge in [0.25, 0.3) is 5.91 Å². The molecule has 4 nitrogen and oxygen atoms in total. The van der Waals surface area contributed by atoms with E-state index in [1.54, 1.807) is 30.4 Å². The van der Waals surface area contributed by atoms with Crippen LogP contribution in [0.2, 0.25) is 5.02 Å². The summed E-state index contributed by atoms with van der Waals surface area (Å²) in [4.78, 5) is 25.4. The van der Waals surface area contributed by atoms with Crippen molar-refractivity contribution in [3.63, 3.8) is 0 Å². The fourth-order valence-electron chi connectivity index (χ4n) is 2.42. The normalized spacial score (nSPS) is 13.0. The van der Waals surface area contributed by atoms with Crippen molar-refractivity contribution < 1.29 is 14.3 Å². The van der Waals surface area contributed by atoms with Crippen LogP contribution in [0.15, 0.2) is 90.2 Å². The monoisotopic (exact) mass is 425 g/mol. The van der Waals surface area contributed by atoms with E-state index in [4.69, 9.17) is 16.3 Å². The first-order valence-corrected chi connectivity index (χ1v) is 9.94. The third-order valence-corrected chi connectivity index (χ3v) is 4.27. The number of hydrogen-bond acceptors (Lipinski definition) is 3. The second kappa shape index (κ2) is 13.2. The molecule has 30 heavy (non-hydrogen) atoms. The highest BCUT2D eigenvalue weighted by molar-refractivity contribution is 6.31. The Bertz CT molecular complexity index is 934. The number of allylic oxidation sites excluding steroid dienone is 10. The van der Waals surface area contributed by atoms with Crippen LogP contribution in [-0.4, -0.2) is 18.3 Å². The molecule has 0 atom stereocenters. The van der Waals surface area contributed by atoms with E-state index in [1.165, 1.54) is 12.1 Å². The Kier molecular flexibility index (Phi) is 10.9. The van der Waals surface area contributed by atoms with Gasteiger partial charge in [-0.1, -0.05) is 60.7 Å². The van der Waals surface area contributed by atoms with Gasteiger partial charge in [-0.25, -0.2) is 0 Å². The third-order valence-electron chi connectivity index (χ3n) is 4.04. The van der Waals surface area contributed by atoms with Crippen molar-refractivity contribution in [3.8, 4) is 5.75 Å². The first kappa shape index (κ1) is 24.9. The van der Waals surface area contributed by atoms with E-state index in [1.807, 2.05) is 52.0 Å². The Morgan fingerprint density at radius 3 is 2.50 bits per heavy atom. The second-order valence-corrected chi connectivity index (χ2v) is 6.68. The first-order valence-electron chi connectivity index (χ1n) is 9.56. The molecule has 1 N–H and O–H groups in total. The number of carbonyl (C=O) groups is 2. The smallest absolute Gasteiger partial charge is 0.262 e. The zero-order chi connectivity index (χ0) is 22.5. The van der Waals surface area contributed by atoms with Crippen LogP contribution in [0, 0.1) is 0 Å². The highest BCUT2D eigenvalue weighted by Crippen LogP contribution is 2.26. The van der Waals surface area contributed by atoms with Gasteiger partial charge in [-0.15, -0.1) is 0 Å². The molecule has 1 amide bonds. The maximum atomic E-state index is 12.9. The van der Waals surface area contributed by atoms with E-state index in [-0.39, 0.29) is 29.6 Å². The van der Waals surface area contributed by atoms with E-state index in [9.17, 15) is 9.59 Å². The summed E-state index contributed by atoms with van der Waals surface area (Å²) in [6.07, 6.45) is 14.0. The van der Waals surface area contributed by atoms with Gasteiger partial charge in [0.2, 0.25) is 0 Å². The Morgan fingerprint density at radius 1 is 1.17 bits per heavy atom. The molecule has 1 aromatic carbocycles. The molecule has 0 spiro atoms. The standard InChI is InChI=1S/C25H28ClNO3/c1-6-10-13-22(18(5)9-4)27-24(28)17-30-23-15-14-20(26)16-21(23)25(29)19(11-7-2)12-8-3/h6-16H,2,17H2,1,3-5H3,(H,27,28)/b10-6-,12-8-,18-9-,19-11+,22-13+. The van der Waals surface area contributed by atoms with Gasteiger partial charge in [0.05, 0.1) is 5.56 Å². The van der Waals surface area contributed by atoms with E-state index >= 15 is 0 Å². The van der Waals surface area contributed by atoms with E-state index in [0.29, 0.717) is 16.3 Å². The number of hydrogen-bond donors (Lipinski definition) is 1. The minimum Gasteiger partial charge on any atom is -0.483 e. The number of halogens is 1. The van der Waals surface area contributed by atoms with Crippen LogP contribution in [0.3, 0.4) is 0 Å². The Balaban J connectivity index is 3.07. The maximum Gasteiger partial charge on any atom is 0.262 e. The second-order valence-electron chi connectivity index (χ2n) is 6.24. The first-order chi connectivity index (χ1) is 14.4. The predicted octanol–water partition coefficient (Wildman–Crippen LogP) is 6.13. The number of Topliss-reactive ketones (excluding diaryl/α,β-unsaturated/α-hetero) is 1. The van der Waals surface area contributed by atoms with Gasteiger partial charge in [-0.05, 0) is 57.5 Å². The molecule has 0 bridgehead atoms. The average molecular weight is 426 g/mol. The van der Waals surface area contributed by atoms with Gasteiger partial charge in [0.15, 0.2) is 12.4 Å². The van der Waals surface area contributed by atoms with Crippen LogP contribution in [0.1, 0.15) is 38.1 Å². The number of amides is 1. The largest absolute Gasteiger partial charge is 0.483 e. The number of carbonyl (C=O) groups excluding carboxylic acids is 2. The molecule has 0 aliphatic rings. The number of nitrogens with one attached hydrogen (secondary N) is 1. The summed E-state index contributed by atoms with van der Waals surface area (Å²) in [5.41, 5.74) is 2.32. The summed E-state index contributed by atoms with van der Waals surface area (Å²) < 4.78 is 5.67. The lowest BCUT2D eigenvalue weighted by Crippen LogP contribution is -2.29. The van der Waals surface area contributed by atoms with Gasteiger partial charge >= 0.3 is 0 Å². The highest BCUT2D eigenvalue weighted by Gasteiger charge is 2.17. The number of ketones is 1. The Labute approximate surface area is 184 Å². The zero-order valence-electron chi connectivity index (χ0n) is 17.9. The van der Waals surface area contributed by atoms with Crippen molar-refractivity contribution in [2.24, 2.45) is 0 Å². The molecule has 0 aliphatic carbocycles. The SMILES string of the molecule is C=C/C=C(\C=C/C)C(=O)c1cc(Cl)ccc1OCC(=O)NC(=C/C=C\C)/C(C)=C\C. The summed E-state index contributed by atoms with van der Waals surface area (Å²) in [6, 6.07) is 4.72. The average Bonchev–Trinajstić information content (AvgIpc) is 2.74. The van der Waals surface area contributed by atoms with Crippen molar-refractivity contribution in [2.45, 2.75) is 27.7 Å². The molecule has 0 saturated heterocycles. The summed E-state index contributed by atoms with van der Waals surface area (Å²) >= 11 is 6.09. The molecule has 5 heteroatoms. The summed E-state index contributed by atoms with van der Waals surface area (Å²) in [5.74, 6) is -0.333. The van der Waals surface area contributed by atoms with Gasteiger partial charge in [-0.2, -0.15) is 0 Å². The van der Waals surface area contributed by atoms with Crippen LogP contribution < -0.4 is 10.1 Å². The molecule has 0 aromatic heterocycles. The predicted molar refractivity (Wildman–Crippen MR) is 125 cm³/mol. The van der Waals surface area contributed by atoms with Crippen LogP contribution in [0.25, 0.3) is 0 Å². The van der Waals surface area contributed by atoms with Crippen LogP contribution in [0.4, 0.5) is 0 Å². The zero-order valence-corrected chi connectivity index (χ0v) is 18.6. The number of benzene rings is 1. The van der Waals surface area contributed by atoms with Crippen molar-refractivity contribution in [1.82, 2.24) is 5.32 Å². The Morgan fingerprint density at radius 2 is 1.90 bits per heavy atom. The van der Waals surface area contributed by atoms with Crippen molar-refractivity contribution in [2.75, 3.05) is 6.61 Å². The van der Waals surface area contributed by atoms with Crippen LogP contribution in [-0.2, 0) is 4.79 Å². The fraction of sp³-hybridized carbons (Fsp3) is 0.200. The topological polar surface area (TPSA) is 55.4 Å². The van der Waals surface area contributed by atoms with Gasteiger partial charge < -0.3 is 10.1 Å². The molecular formula is C25H28ClNO3. The molecular weight excluding hydrogens is 398 g/mol. The van der Waals surface area contributed by atoms with Crippen molar-refractivity contribution in [3.05, 3.63) is 101 Å². The van der Waals surface area contributed by atoms with E-state index < -0.39 is 0 Å². The molecule has 158 valence electrons. The van der Waals surface area contributed by atoms with Crippen molar-refractivity contribution in [1.29, 1.82) is 0 Å². The fourth-order valence-corrected chi connectivity index (χ4v) is 2.60. The maximum absolute atomic E-state index is 12.9. The number of ether oxygens (including phenoxy) is 1. The van der Waals surface area contributed by atoms with Gasteiger partial charge in [-0.3, -0.25) is 9.59 Å². The van der Waals surface area contributed by atoms with E-state index in [0.717, 1.165) is 5.57 Å². The van der Waals surface area contributed by atoms with Crippen LogP contribution >= 0.6 is 11.6 Å². The molecule has 0 heterocycles. The summed E-state index contributed by atoms with van der Waals surface area (Å²) in [7, 11) is 0. The molecule has 0 aliphatic heterocycles. The quantitative estimate of drug-likeness (QED) is 0.278. The van der Waals surface area contributed by atoms with Gasteiger partial charge in [0, 0.05) is 16.3 Å². The third kappa shape index (κ3) is 7.72. The van der Waals surface area contributed by atoms with Crippen LogP contribution in [0.5, 0.6) is 5.75 Å². The molecule has 0 radical (unpaired) electrons. The molecule has 0 saturated carbocycles. The van der Waals surface area contributed by atoms with Gasteiger partial charge in [0.1, 0.15) is 5.75 Å². The lowest BCUT2D eigenvalue weighted by Gasteiger charge is -2.13. The Hall–Kier alpha value is -3.11. The minimum absolute atomic E-state index is 0.254. The molecule has 0 fully saturated rings. The highest BCUT2D eigenvalue weighted by atomic mass is 35.5. The molecule has 1 rings (SSSR count). The molecule has 1 aromatic rings. The minimum atomic E-state index is -0.337.